The monoisotopic (exact) mass is 429 g/mol. The summed E-state index contributed by atoms with van der Waals surface area (Å²) >= 11 is 1.43. The van der Waals surface area contributed by atoms with Gasteiger partial charge in [0.15, 0.2) is 0 Å². The molecular formula is C26H11N3O2S. The molecule has 0 fully saturated rings. The van der Waals surface area contributed by atoms with Gasteiger partial charge in [-0.05, 0) is 30.3 Å². The van der Waals surface area contributed by atoms with Gasteiger partial charge in [-0.2, -0.15) is 10.5 Å². The zero-order valence-electron chi connectivity index (χ0n) is 16.4. The lowest BCUT2D eigenvalue weighted by Gasteiger charge is -2.16. The molecule has 0 amide bonds. The second-order valence-electron chi connectivity index (χ2n) is 7.50. The van der Waals surface area contributed by atoms with E-state index in [0.717, 1.165) is 14.7 Å². The Morgan fingerprint density at radius 3 is 2.00 bits per heavy atom. The molecule has 2 aromatic heterocycles. The van der Waals surface area contributed by atoms with Gasteiger partial charge in [0, 0.05) is 26.2 Å². The third-order valence-corrected chi connectivity index (χ3v) is 7.05. The Morgan fingerprint density at radius 1 is 0.688 bits per heavy atom. The summed E-state index contributed by atoms with van der Waals surface area (Å²) in [4.78, 5) is 27.1. The molecule has 4 aromatic carbocycles. The molecule has 2 heterocycles. The van der Waals surface area contributed by atoms with Gasteiger partial charge in [-0.1, -0.05) is 36.4 Å². The highest BCUT2D eigenvalue weighted by atomic mass is 32.1. The highest BCUT2D eigenvalue weighted by molar-refractivity contribution is 7.25. The van der Waals surface area contributed by atoms with Crippen LogP contribution in [0.5, 0.6) is 0 Å². The van der Waals surface area contributed by atoms with Crippen LogP contribution >= 0.6 is 11.3 Å². The summed E-state index contributed by atoms with van der Waals surface area (Å²) in [6, 6.07) is 23.9. The van der Waals surface area contributed by atoms with Crippen molar-refractivity contribution >= 4 is 53.1 Å². The highest BCUT2D eigenvalue weighted by Crippen LogP contribution is 2.42. The number of nitrogens with zero attached hydrogens (tertiary/aromatic N) is 3. The van der Waals surface area contributed by atoms with Crippen molar-refractivity contribution in [1.29, 1.82) is 10.5 Å². The van der Waals surface area contributed by atoms with Gasteiger partial charge >= 0.3 is 0 Å². The zero-order chi connectivity index (χ0) is 22.0. The van der Waals surface area contributed by atoms with Crippen LogP contribution in [-0.4, -0.2) is 4.57 Å². The van der Waals surface area contributed by atoms with Gasteiger partial charge in [-0.25, -0.2) is 4.57 Å². The van der Waals surface area contributed by atoms with Crippen LogP contribution in [0.1, 0.15) is 11.1 Å². The molecule has 0 bridgehead atoms. The fourth-order valence-corrected chi connectivity index (χ4v) is 5.69. The van der Waals surface area contributed by atoms with Crippen molar-refractivity contribution in [1.82, 2.24) is 4.57 Å². The molecule has 0 atom stereocenters. The predicted octanol–water partition coefficient (Wildman–Crippen LogP) is 5.05. The number of rotatable bonds is 1. The van der Waals surface area contributed by atoms with Gasteiger partial charge in [-0.15, -0.1) is 11.3 Å². The average molecular weight is 429 g/mol. The lowest BCUT2D eigenvalue weighted by molar-refractivity contribution is 0.970. The summed E-state index contributed by atoms with van der Waals surface area (Å²) in [6.45, 7) is 0. The molecule has 148 valence electrons. The first-order chi connectivity index (χ1) is 15.6. The van der Waals surface area contributed by atoms with Crippen molar-refractivity contribution in [3.63, 3.8) is 0 Å². The summed E-state index contributed by atoms with van der Waals surface area (Å²) < 4.78 is 2.72. The Labute approximate surface area is 184 Å². The second-order valence-corrected chi connectivity index (χ2v) is 8.55. The fourth-order valence-electron chi connectivity index (χ4n) is 4.52. The molecular weight excluding hydrogens is 418 g/mol. The van der Waals surface area contributed by atoms with Crippen molar-refractivity contribution < 1.29 is 0 Å². The van der Waals surface area contributed by atoms with Crippen LogP contribution in [0, 0.1) is 22.7 Å². The van der Waals surface area contributed by atoms with E-state index >= 15 is 0 Å². The van der Waals surface area contributed by atoms with Crippen LogP contribution in [0.15, 0.2) is 76.3 Å². The number of aromatic nitrogens is 1. The molecule has 6 rings (SSSR count). The third-order valence-electron chi connectivity index (χ3n) is 5.85. The third kappa shape index (κ3) is 2.24. The number of fused-ring (bicyclic) bond motifs is 2. The SMILES string of the molecule is N#Cc1cc2c(=O)n(-c3ccccc3)c(=O)c3cc(C#N)c4c5ccccc5sc1c4c23. The minimum atomic E-state index is -0.476. The highest BCUT2D eigenvalue weighted by Gasteiger charge is 2.23. The number of hydrogen-bond acceptors (Lipinski definition) is 5. The summed E-state index contributed by atoms with van der Waals surface area (Å²) in [6.07, 6.45) is 0. The van der Waals surface area contributed by atoms with Crippen LogP contribution in [0.25, 0.3) is 47.4 Å². The predicted molar refractivity (Wildman–Crippen MR) is 127 cm³/mol. The van der Waals surface area contributed by atoms with E-state index in [1.807, 2.05) is 24.3 Å². The smallest absolute Gasteiger partial charge is 0.266 e. The zero-order valence-corrected chi connectivity index (χ0v) is 17.2. The molecule has 0 radical (unpaired) electrons. The Hall–Kier alpha value is -4.52. The van der Waals surface area contributed by atoms with E-state index in [0.29, 0.717) is 48.4 Å². The van der Waals surface area contributed by atoms with E-state index in [2.05, 4.69) is 12.1 Å². The molecule has 0 N–H and O–H groups in total. The maximum Gasteiger partial charge on any atom is 0.266 e. The molecule has 5 nitrogen and oxygen atoms in total. The average Bonchev–Trinajstić information content (AvgIpc) is 2.84. The normalized spacial score (nSPS) is 11.3. The van der Waals surface area contributed by atoms with Crippen molar-refractivity contribution in [2.24, 2.45) is 0 Å². The van der Waals surface area contributed by atoms with Gasteiger partial charge in [0.1, 0.15) is 6.07 Å². The molecule has 0 unspecified atom stereocenters. The van der Waals surface area contributed by atoms with E-state index in [4.69, 9.17) is 0 Å². The fraction of sp³-hybridized carbons (Fsp3) is 0. The van der Waals surface area contributed by atoms with Gasteiger partial charge in [0.2, 0.25) is 0 Å². The Bertz CT molecular complexity index is 1900. The molecule has 0 aliphatic rings. The molecule has 0 aliphatic carbocycles. The summed E-state index contributed by atoms with van der Waals surface area (Å²) in [5.41, 5.74) is 0.189. The van der Waals surface area contributed by atoms with Crippen molar-refractivity contribution in [2.75, 3.05) is 0 Å². The molecule has 6 aromatic rings. The Morgan fingerprint density at radius 2 is 1.31 bits per heavy atom. The molecule has 32 heavy (non-hydrogen) atoms. The van der Waals surface area contributed by atoms with E-state index in [1.54, 1.807) is 42.5 Å². The van der Waals surface area contributed by atoms with E-state index in [9.17, 15) is 20.1 Å². The minimum absolute atomic E-state index is 0.296. The first kappa shape index (κ1) is 18.3. The van der Waals surface area contributed by atoms with Gasteiger partial charge < -0.3 is 0 Å². The topological polar surface area (TPSA) is 86.7 Å². The number of para-hydroxylation sites is 1. The maximum absolute atomic E-state index is 13.5. The van der Waals surface area contributed by atoms with Crippen LogP contribution in [0.3, 0.4) is 0 Å². The first-order valence-electron chi connectivity index (χ1n) is 9.83. The summed E-state index contributed by atoms with van der Waals surface area (Å²) in [5, 5.41) is 23.2. The number of nitriles is 2. The van der Waals surface area contributed by atoms with E-state index in [-0.39, 0.29) is 0 Å². The van der Waals surface area contributed by atoms with Gasteiger partial charge in [0.25, 0.3) is 11.1 Å². The second kappa shape index (κ2) is 6.49. The lowest BCUT2D eigenvalue weighted by atomic mass is 9.92. The van der Waals surface area contributed by atoms with Gasteiger partial charge in [-0.3, -0.25) is 9.59 Å². The summed E-state index contributed by atoms with van der Waals surface area (Å²) in [5.74, 6) is 0. The van der Waals surface area contributed by atoms with Crippen molar-refractivity contribution in [2.45, 2.75) is 0 Å². The Kier molecular flexibility index (Phi) is 3.70. The molecule has 0 aliphatic heterocycles. The largest absolute Gasteiger partial charge is 0.268 e. The standard InChI is InChI=1S/C26H11N3O2S/c27-12-14-10-18-22-19(26(31)29(25(18)30)16-6-2-1-3-7-16)11-15(13-28)24-23(22)21(14)17-8-4-5-9-20(17)32-24/h1-11H. The summed E-state index contributed by atoms with van der Waals surface area (Å²) in [7, 11) is 0. The van der Waals surface area contributed by atoms with Gasteiger partial charge in [0.05, 0.1) is 38.4 Å². The first-order valence-corrected chi connectivity index (χ1v) is 10.6. The maximum atomic E-state index is 13.5. The lowest BCUT2D eigenvalue weighted by Crippen LogP contribution is -2.32. The van der Waals surface area contributed by atoms with Crippen LogP contribution in [-0.2, 0) is 0 Å². The van der Waals surface area contributed by atoms with E-state index < -0.39 is 11.1 Å². The quantitative estimate of drug-likeness (QED) is 0.270. The Balaban J connectivity index is 2.01. The van der Waals surface area contributed by atoms with Crippen LogP contribution in [0.4, 0.5) is 0 Å². The minimum Gasteiger partial charge on any atom is -0.268 e. The molecule has 6 heteroatoms. The molecule has 0 spiro atoms. The van der Waals surface area contributed by atoms with Crippen molar-refractivity contribution in [3.8, 4) is 17.8 Å². The van der Waals surface area contributed by atoms with Crippen LogP contribution < -0.4 is 11.1 Å². The molecule has 0 saturated heterocycles. The van der Waals surface area contributed by atoms with Crippen LogP contribution in [0.2, 0.25) is 0 Å². The molecule has 0 saturated carbocycles. The van der Waals surface area contributed by atoms with E-state index in [1.165, 1.54) is 11.3 Å². The number of benzene rings is 4. The number of pyridine rings is 1. The van der Waals surface area contributed by atoms with Crippen molar-refractivity contribution in [3.05, 3.63) is 98.6 Å². The number of hydrogen-bond donors (Lipinski definition) is 0.